The number of halogens is 2. The van der Waals surface area contributed by atoms with Crippen LogP contribution in [0.25, 0.3) is 11.3 Å². The lowest BCUT2D eigenvalue weighted by molar-refractivity contribution is 0.0941. The van der Waals surface area contributed by atoms with Crippen molar-refractivity contribution in [2.24, 2.45) is 0 Å². The molecule has 37 heavy (non-hydrogen) atoms. The molecule has 1 fully saturated rings. The number of hydrogen-bond acceptors (Lipinski definition) is 7. The average molecular weight is 509 g/mol. The zero-order valence-electron chi connectivity index (χ0n) is 22.1. The van der Waals surface area contributed by atoms with Gasteiger partial charge in [0.25, 0.3) is 0 Å². The lowest BCUT2D eigenvalue weighted by Gasteiger charge is -2.43. The first-order chi connectivity index (χ1) is 17.6. The van der Waals surface area contributed by atoms with Gasteiger partial charge < -0.3 is 19.9 Å². The van der Waals surface area contributed by atoms with Crippen LogP contribution in [0.5, 0.6) is 5.75 Å². The lowest BCUT2D eigenvalue weighted by atomic mass is 9.80. The van der Waals surface area contributed by atoms with Crippen LogP contribution in [0.4, 0.5) is 26.2 Å². The summed E-state index contributed by atoms with van der Waals surface area (Å²) in [7, 11) is 2.17. The SMILES string of the molecule is CC(C)N1CCOc2c(F)cc(-c3nc(Nc4ccc(C5CCN(C)C(C)(C)C5)cn4)ncc3F)cc21. The normalized spacial score (nSPS) is 19.5. The van der Waals surface area contributed by atoms with Crippen molar-refractivity contribution in [1.29, 1.82) is 0 Å². The molecule has 9 heteroatoms. The number of nitrogens with zero attached hydrogens (tertiary/aromatic N) is 5. The fourth-order valence-electron chi connectivity index (χ4n) is 5.24. The Morgan fingerprint density at radius 3 is 2.59 bits per heavy atom. The molecule has 0 aliphatic carbocycles. The number of anilines is 3. The third-order valence-corrected chi connectivity index (χ3v) is 7.64. The summed E-state index contributed by atoms with van der Waals surface area (Å²) >= 11 is 0. The predicted octanol–water partition coefficient (Wildman–Crippen LogP) is 5.76. The minimum absolute atomic E-state index is 0.0126. The van der Waals surface area contributed by atoms with E-state index in [1.54, 1.807) is 6.07 Å². The van der Waals surface area contributed by atoms with Crippen LogP contribution in [-0.2, 0) is 0 Å². The maximum Gasteiger partial charge on any atom is 0.229 e. The van der Waals surface area contributed by atoms with Gasteiger partial charge in [-0.25, -0.2) is 23.7 Å². The first-order valence-corrected chi connectivity index (χ1v) is 12.8. The molecule has 1 N–H and O–H groups in total. The molecule has 1 saturated heterocycles. The molecule has 0 amide bonds. The van der Waals surface area contributed by atoms with E-state index in [0.29, 0.717) is 36.1 Å². The molecule has 2 aliphatic heterocycles. The highest BCUT2D eigenvalue weighted by molar-refractivity contribution is 5.73. The van der Waals surface area contributed by atoms with Crippen molar-refractivity contribution in [3.05, 3.63) is 53.9 Å². The van der Waals surface area contributed by atoms with Gasteiger partial charge in [0.15, 0.2) is 17.4 Å². The van der Waals surface area contributed by atoms with Crippen LogP contribution in [0.15, 0.2) is 36.7 Å². The number of ether oxygens (including phenoxy) is 1. The van der Waals surface area contributed by atoms with Gasteiger partial charge in [-0.2, -0.15) is 0 Å². The third kappa shape index (κ3) is 5.09. The summed E-state index contributed by atoms with van der Waals surface area (Å²) in [6.45, 7) is 10.7. The van der Waals surface area contributed by atoms with Gasteiger partial charge in [-0.15, -0.1) is 0 Å². The minimum atomic E-state index is -0.633. The molecule has 1 aromatic carbocycles. The summed E-state index contributed by atoms with van der Waals surface area (Å²) in [5, 5.41) is 3.06. The van der Waals surface area contributed by atoms with E-state index in [0.717, 1.165) is 25.6 Å². The molecule has 3 aromatic rings. The van der Waals surface area contributed by atoms with E-state index in [9.17, 15) is 8.78 Å². The minimum Gasteiger partial charge on any atom is -0.486 e. The molecule has 196 valence electrons. The molecule has 0 bridgehead atoms. The Balaban J connectivity index is 1.38. The van der Waals surface area contributed by atoms with Crippen molar-refractivity contribution in [3.63, 3.8) is 0 Å². The van der Waals surface area contributed by atoms with Gasteiger partial charge in [-0.1, -0.05) is 6.07 Å². The van der Waals surface area contributed by atoms with Crippen LogP contribution in [0.1, 0.15) is 52.0 Å². The summed E-state index contributed by atoms with van der Waals surface area (Å²) in [6.07, 6.45) is 5.14. The molecule has 0 spiro atoms. The Morgan fingerprint density at radius 1 is 1.08 bits per heavy atom. The third-order valence-electron chi connectivity index (χ3n) is 7.64. The van der Waals surface area contributed by atoms with Crippen LogP contribution < -0.4 is 15.0 Å². The zero-order chi connectivity index (χ0) is 26.3. The molecular formula is C28H34F2N6O. The van der Waals surface area contributed by atoms with Gasteiger partial charge >= 0.3 is 0 Å². The number of fused-ring (bicyclic) bond motifs is 1. The van der Waals surface area contributed by atoms with Gasteiger partial charge in [0.1, 0.15) is 18.1 Å². The van der Waals surface area contributed by atoms with Crippen molar-refractivity contribution in [2.45, 2.75) is 58.0 Å². The van der Waals surface area contributed by atoms with Crippen LogP contribution in [0.2, 0.25) is 0 Å². The summed E-state index contributed by atoms with van der Waals surface area (Å²) in [5.41, 5.74) is 2.28. The van der Waals surface area contributed by atoms with Crippen molar-refractivity contribution in [3.8, 4) is 17.0 Å². The molecular weight excluding hydrogens is 474 g/mol. The molecule has 1 atom stereocenters. The second-order valence-electron chi connectivity index (χ2n) is 10.9. The number of pyridine rings is 1. The Kier molecular flexibility index (Phi) is 6.74. The largest absolute Gasteiger partial charge is 0.486 e. The quantitative estimate of drug-likeness (QED) is 0.470. The highest BCUT2D eigenvalue weighted by Gasteiger charge is 2.33. The van der Waals surface area contributed by atoms with Crippen molar-refractivity contribution < 1.29 is 13.5 Å². The fraction of sp³-hybridized carbons (Fsp3) is 0.464. The molecule has 1 unspecified atom stereocenters. The molecule has 5 rings (SSSR count). The maximum atomic E-state index is 14.9. The van der Waals surface area contributed by atoms with E-state index in [4.69, 9.17) is 4.74 Å². The number of hydrogen-bond donors (Lipinski definition) is 1. The predicted molar refractivity (Wildman–Crippen MR) is 142 cm³/mol. The molecule has 0 saturated carbocycles. The van der Waals surface area contributed by atoms with E-state index < -0.39 is 11.6 Å². The number of piperidine rings is 1. The van der Waals surface area contributed by atoms with E-state index in [-0.39, 0.29) is 29.0 Å². The number of aromatic nitrogens is 3. The number of nitrogens with one attached hydrogen (secondary N) is 1. The van der Waals surface area contributed by atoms with Crippen molar-refractivity contribution in [1.82, 2.24) is 19.9 Å². The fourth-order valence-corrected chi connectivity index (χ4v) is 5.24. The standard InChI is InChI=1S/C28H34F2N6O/c1-17(2)36-10-11-37-26-21(29)12-20(13-23(26)36)25-22(30)16-32-27(34-25)33-24-7-6-19(15-31-24)18-8-9-35(5)28(3,4)14-18/h6-7,12-13,15-18H,8-11,14H2,1-5H3,(H,31,32,33,34). The van der Waals surface area contributed by atoms with Crippen molar-refractivity contribution in [2.75, 3.05) is 37.0 Å². The summed E-state index contributed by atoms with van der Waals surface area (Å²) in [4.78, 5) is 17.5. The Hall–Kier alpha value is -3.33. The van der Waals surface area contributed by atoms with Gasteiger partial charge in [-0.05, 0) is 83.8 Å². The van der Waals surface area contributed by atoms with E-state index in [2.05, 4.69) is 52.1 Å². The van der Waals surface area contributed by atoms with Crippen LogP contribution in [0, 0.1) is 11.6 Å². The van der Waals surface area contributed by atoms with Gasteiger partial charge in [0.2, 0.25) is 5.95 Å². The van der Waals surface area contributed by atoms with Gasteiger partial charge in [0.05, 0.1) is 18.4 Å². The molecule has 0 radical (unpaired) electrons. The summed E-state index contributed by atoms with van der Waals surface area (Å²) in [6, 6.07) is 7.09. The molecule has 2 aromatic heterocycles. The number of benzene rings is 1. The monoisotopic (exact) mass is 508 g/mol. The lowest BCUT2D eigenvalue weighted by Crippen LogP contribution is -2.46. The Bertz CT molecular complexity index is 1280. The van der Waals surface area contributed by atoms with E-state index in [1.807, 2.05) is 31.0 Å². The van der Waals surface area contributed by atoms with Crippen LogP contribution >= 0.6 is 0 Å². The van der Waals surface area contributed by atoms with Crippen LogP contribution in [0.3, 0.4) is 0 Å². The van der Waals surface area contributed by atoms with Gasteiger partial charge in [0, 0.05) is 23.3 Å². The molecule has 4 heterocycles. The topological polar surface area (TPSA) is 66.4 Å². The maximum absolute atomic E-state index is 14.9. The Morgan fingerprint density at radius 2 is 1.89 bits per heavy atom. The molecule has 7 nitrogen and oxygen atoms in total. The van der Waals surface area contributed by atoms with E-state index >= 15 is 0 Å². The smallest absolute Gasteiger partial charge is 0.229 e. The second kappa shape index (κ2) is 9.85. The second-order valence-corrected chi connectivity index (χ2v) is 10.9. The van der Waals surface area contributed by atoms with Gasteiger partial charge in [-0.3, -0.25) is 0 Å². The highest BCUT2D eigenvalue weighted by atomic mass is 19.1. The number of rotatable bonds is 5. The van der Waals surface area contributed by atoms with Crippen LogP contribution in [-0.4, -0.2) is 58.2 Å². The zero-order valence-corrected chi connectivity index (χ0v) is 22.1. The average Bonchev–Trinajstić information content (AvgIpc) is 2.87. The highest BCUT2D eigenvalue weighted by Crippen LogP contribution is 2.40. The summed E-state index contributed by atoms with van der Waals surface area (Å²) < 4.78 is 35.3. The first-order valence-electron chi connectivity index (χ1n) is 12.8. The first kappa shape index (κ1) is 25.3. The summed E-state index contributed by atoms with van der Waals surface area (Å²) in [5.74, 6) is 0.214. The Labute approximate surface area is 216 Å². The van der Waals surface area contributed by atoms with Crippen molar-refractivity contribution >= 4 is 17.5 Å². The van der Waals surface area contributed by atoms with E-state index in [1.165, 1.54) is 11.6 Å². The molecule has 2 aliphatic rings. The number of likely N-dealkylation sites (tertiary alicyclic amines) is 1.